The fraction of sp³-hybridized carbons (Fsp3) is 0.864. The largest absolute Gasteiger partial charge is 0.470 e. The van der Waals surface area contributed by atoms with E-state index in [-0.39, 0.29) is 0 Å². The average Bonchev–Trinajstić information content (AvgIpc) is 2.69. The minimum Gasteiger partial charge on any atom is -0.463 e. The highest BCUT2D eigenvalue weighted by atomic mass is 31.2. The van der Waals surface area contributed by atoms with E-state index in [9.17, 15) is 19.1 Å². The quantitative estimate of drug-likeness (QED) is 0.0894. The lowest BCUT2D eigenvalue weighted by Gasteiger charge is -2.41. The first-order valence-electron chi connectivity index (χ1n) is 11.6. The van der Waals surface area contributed by atoms with E-state index in [2.05, 4.69) is 27.4 Å². The molecule has 0 spiro atoms. The van der Waals surface area contributed by atoms with Crippen LogP contribution in [0.5, 0.6) is 0 Å². The van der Waals surface area contributed by atoms with Crippen molar-refractivity contribution in [2.45, 2.75) is 91.1 Å². The maximum atomic E-state index is 11.6. The van der Waals surface area contributed by atoms with E-state index >= 15 is 0 Å². The molecule has 0 fully saturated rings. The van der Waals surface area contributed by atoms with E-state index in [1.165, 1.54) is 0 Å². The van der Waals surface area contributed by atoms with Gasteiger partial charge >= 0.3 is 13.8 Å². The van der Waals surface area contributed by atoms with Crippen molar-refractivity contribution >= 4 is 13.8 Å². The van der Waals surface area contributed by atoms with Crippen molar-refractivity contribution in [3.8, 4) is 0 Å². The Labute approximate surface area is 183 Å². The van der Waals surface area contributed by atoms with Crippen LogP contribution in [-0.4, -0.2) is 59.1 Å². The fourth-order valence-corrected chi connectivity index (χ4v) is 4.34. The van der Waals surface area contributed by atoms with Crippen LogP contribution < -0.4 is 0 Å². The van der Waals surface area contributed by atoms with Crippen LogP contribution in [0.25, 0.3) is 0 Å². The summed E-state index contributed by atoms with van der Waals surface area (Å²) in [5.41, 5.74) is 0. The number of unbranched alkanes of at least 4 members (excludes halogenated alkanes) is 5. The molecule has 0 aliphatic rings. The van der Waals surface area contributed by atoms with Gasteiger partial charge in [-0.3, -0.25) is 4.52 Å². The van der Waals surface area contributed by atoms with Crippen LogP contribution in [0, 0.1) is 0 Å². The van der Waals surface area contributed by atoms with Crippen LogP contribution in [0.15, 0.2) is 12.7 Å². The molecule has 178 valence electrons. The third kappa shape index (κ3) is 15.1. The van der Waals surface area contributed by atoms with Crippen molar-refractivity contribution < 1.29 is 32.9 Å². The Morgan fingerprint density at radius 3 is 1.93 bits per heavy atom. The van der Waals surface area contributed by atoms with Crippen LogP contribution in [0.4, 0.5) is 0 Å². The van der Waals surface area contributed by atoms with Gasteiger partial charge in [-0.05, 0) is 38.5 Å². The van der Waals surface area contributed by atoms with Gasteiger partial charge in [-0.1, -0.05) is 53.0 Å². The Hall–Kier alpha value is -0.720. The molecule has 0 saturated carbocycles. The highest BCUT2D eigenvalue weighted by Gasteiger charge is 2.33. The summed E-state index contributed by atoms with van der Waals surface area (Å²) in [4.78, 5) is 30.0. The molecule has 0 aromatic heterocycles. The summed E-state index contributed by atoms with van der Waals surface area (Å²) >= 11 is 0. The van der Waals surface area contributed by atoms with Crippen LogP contribution in [-0.2, 0) is 18.6 Å². The van der Waals surface area contributed by atoms with Gasteiger partial charge in [0, 0.05) is 6.08 Å². The Morgan fingerprint density at radius 1 is 0.967 bits per heavy atom. The number of carbonyl (C=O) groups excluding carboxylic acids is 1. The molecule has 1 unspecified atom stereocenters. The van der Waals surface area contributed by atoms with E-state index < -0.39 is 19.9 Å². The average molecular weight is 451 g/mol. The van der Waals surface area contributed by atoms with E-state index in [1.807, 2.05) is 0 Å². The minimum absolute atomic E-state index is 0.332. The molecule has 2 N–H and O–H groups in total. The summed E-state index contributed by atoms with van der Waals surface area (Å²) in [5.74, 6) is -0.428. The van der Waals surface area contributed by atoms with E-state index in [4.69, 9.17) is 9.26 Å². The number of phosphoric ester groups is 1. The molecule has 0 saturated heterocycles. The van der Waals surface area contributed by atoms with Crippen molar-refractivity contribution in [3.05, 3.63) is 12.7 Å². The molecule has 0 aliphatic heterocycles. The molecule has 0 rings (SSSR count). The lowest BCUT2D eigenvalue weighted by atomic mass is 10.1. The van der Waals surface area contributed by atoms with E-state index in [0.717, 1.165) is 81.6 Å². The van der Waals surface area contributed by atoms with Gasteiger partial charge in [-0.25, -0.2) is 9.36 Å². The van der Waals surface area contributed by atoms with Gasteiger partial charge in [-0.15, -0.1) is 0 Å². The number of nitrogens with zero attached hydrogens (tertiary/aromatic N) is 1. The number of carbonyl (C=O) groups is 1. The molecular formula is C22H45NO6P+. The van der Waals surface area contributed by atoms with Crippen LogP contribution in [0.3, 0.4) is 0 Å². The van der Waals surface area contributed by atoms with Crippen molar-refractivity contribution in [1.82, 2.24) is 0 Å². The third-order valence-corrected chi connectivity index (χ3v) is 5.99. The molecule has 0 radical (unpaired) electrons. The Morgan fingerprint density at radius 2 is 1.50 bits per heavy atom. The normalized spacial score (nSPS) is 13.2. The zero-order chi connectivity index (χ0) is 22.9. The first-order chi connectivity index (χ1) is 14.2. The van der Waals surface area contributed by atoms with Crippen molar-refractivity contribution in [1.29, 1.82) is 0 Å². The van der Waals surface area contributed by atoms with Gasteiger partial charge in [0.15, 0.2) is 0 Å². The maximum absolute atomic E-state index is 11.6. The minimum atomic E-state index is -4.55. The summed E-state index contributed by atoms with van der Waals surface area (Å²) in [6, 6.07) is 0. The fourth-order valence-electron chi connectivity index (χ4n) is 3.78. The molecule has 8 heteroatoms. The molecular weight excluding hydrogens is 405 g/mol. The Balaban J connectivity index is 5.05. The zero-order valence-electron chi connectivity index (χ0n) is 19.4. The molecule has 30 heavy (non-hydrogen) atoms. The van der Waals surface area contributed by atoms with Gasteiger partial charge in [0.1, 0.15) is 12.6 Å². The number of esters is 1. The number of phosphoric acid groups is 1. The number of hydrogen-bond donors (Lipinski definition) is 2. The first kappa shape index (κ1) is 29.3. The second-order valence-electron chi connectivity index (χ2n) is 8.19. The predicted molar refractivity (Wildman–Crippen MR) is 121 cm³/mol. The van der Waals surface area contributed by atoms with Gasteiger partial charge in [-0.2, -0.15) is 0 Å². The molecule has 0 bridgehead atoms. The molecule has 0 aliphatic carbocycles. The first-order valence-corrected chi connectivity index (χ1v) is 13.1. The summed E-state index contributed by atoms with van der Waals surface area (Å²) in [6.07, 6.45) is 10.2. The highest BCUT2D eigenvalue weighted by molar-refractivity contribution is 7.46. The lowest BCUT2D eigenvalue weighted by molar-refractivity contribution is -0.931. The van der Waals surface area contributed by atoms with Crippen LogP contribution >= 0.6 is 7.82 Å². The van der Waals surface area contributed by atoms with Gasteiger partial charge in [0.2, 0.25) is 0 Å². The summed E-state index contributed by atoms with van der Waals surface area (Å²) < 4.78 is 22.7. The second-order valence-corrected chi connectivity index (χ2v) is 9.39. The second kappa shape index (κ2) is 16.9. The predicted octanol–water partition coefficient (Wildman–Crippen LogP) is 4.97. The van der Waals surface area contributed by atoms with Crippen molar-refractivity contribution in [3.63, 3.8) is 0 Å². The number of hydrogen-bond acceptors (Lipinski definition) is 4. The van der Waals surface area contributed by atoms with Crippen molar-refractivity contribution in [2.24, 2.45) is 0 Å². The summed E-state index contributed by atoms with van der Waals surface area (Å²) in [6.45, 7) is 13.9. The van der Waals surface area contributed by atoms with E-state index in [0.29, 0.717) is 26.0 Å². The standard InChI is InChI=1S/C22H44NO6P/c1-5-9-16-23(17-10-6-2,18-11-7-3)20-21(29-30(25,26)27)15-13-12-14-19-28-22(24)8-4/h8,21H,4-7,9-20H2,1-3H3,(H-,25,26,27)/p+1. The molecule has 0 heterocycles. The maximum Gasteiger partial charge on any atom is 0.470 e. The SMILES string of the molecule is C=CC(=O)OCCCCCC(C[N+](CCCC)(CCCC)CCCC)OP(=O)(O)O. The highest BCUT2D eigenvalue weighted by Crippen LogP contribution is 2.39. The molecule has 0 amide bonds. The van der Waals surface area contributed by atoms with Crippen LogP contribution in [0.1, 0.15) is 85.0 Å². The molecule has 7 nitrogen and oxygen atoms in total. The zero-order valence-corrected chi connectivity index (χ0v) is 20.3. The van der Waals surface area contributed by atoms with Crippen LogP contribution in [0.2, 0.25) is 0 Å². The van der Waals surface area contributed by atoms with Gasteiger partial charge in [0.05, 0.1) is 26.2 Å². The lowest BCUT2D eigenvalue weighted by Crippen LogP contribution is -2.54. The Kier molecular flexibility index (Phi) is 16.5. The smallest absolute Gasteiger partial charge is 0.463 e. The topological polar surface area (TPSA) is 93.1 Å². The third-order valence-electron chi connectivity index (χ3n) is 5.42. The summed E-state index contributed by atoms with van der Waals surface area (Å²) in [7, 11) is -4.55. The van der Waals surface area contributed by atoms with Gasteiger partial charge in [0.25, 0.3) is 0 Å². The summed E-state index contributed by atoms with van der Waals surface area (Å²) in [5, 5.41) is 0. The Bertz CT molecular complexity index is 486. The molecule has 1 atom stereocenters. The molecule has 0 aromatic rings. The number of ether oxygens (including phenoxy) is 1. The monoisotopic (exact) mass is 450 g/mol. The number of rotatable bonds is 20. The molecule has 0 aromatic carbocycles. The van der Waals surface area contributed by atoms with Gasteiger partial charge < -0.3 is 19.0 Å². The van der Waals surface area contributed by atoms with E-state index in [1.54, 1.807) is 0 Å². The van der Waals surface area contributed by atoms with Crippen molar-refractivity contribution in [2.75, 3.05) is 32.8 Å². The number of quaternary nitrogens is 1.